The number of nitrogens with zero attached hydrogens (tertiary/aromatic N) is 2. The minimum atomic E-state index is -3.67. The van der Waals surface area contributed by atoms with Crippen LogP contribution in [0.1, 0.15) is 10.4 Å². The molecule has 1 saturated heterocycles. The molecule has 0 saturated carbocycles. The SMILES string of the molecule is O=C(NCC(=O)N1CCN(S(=O)(=O)c2ccc3ccccc3c2)CC1)c1ccc2c(c1)OCO2. The largest absolute Gasteiger partial charge is 0.454 e. The Hall–Kier alpha value is -3.63. The highest BCUT2D eigenvalue weighted by Crippen LogP contribution is 2.32. The number of carbonyl (C=O) groups excluding carboxylic acids is 2. The zero-order valence-electron chi connectivity index (χ0n) is 18.3. The normalized spacial score (nSPS) is 15.9. The zero-order chi connectivity index (χ0) is 23.7. The van der Waals surface area contributed by atoms with Crippen molar-refractivity contribution in [1.82, 2.24) is 14.5 Å². The van der Waals surface area contributed by atoms with Gasteiger partial charge >= 0.3 is 0 Å². The van der Waals surface area contributed by atoms with E-state index in [1.807, 2.05) is 24.3 Å². The van der Waals surface area contributed by atoms with Crippen LogP contribution in [0.5, 0.6) is 11.5 Å². The van der Waals surface area contributed by atoms with Crippen molar-refractivity contribution in [3.63, 3.8) is 0 Å². The molecule has 0 spiro atoms. The molecule has 0 aliphatic carbocycles. The van der Waals surface area contributed by atoms with Crippen molar-refractivity contribution in [3.8, 4) is 11.5 Å². The molecule has 0 aromatic heterocycles. The Morgan fingerprint density at radius 1 is 0.853 bits per heavy atom. The summed E-state index contributed by atoms with van der Waals surface area (Å²) in [6.45, 7) is 0.831. The van der Waals surface area contributed by atoms with E-state index in [9.17, 15) is 18.0 Å². The van der Waals surface area contributed by atoms with Crippen molar-refractivity contribution in [1.29, 1.82) is 0 Å². The molecule has 0 atom stereocenters. The van der Waals surface area contributed by atoms with Crippen LogP contribution < -0.4 is 14.8 Å². The predicted molar refractivity (Wildman–Crippen MR) is 124 cm³/mol. The molecule has 9 nitrogen and oxygen atoms in total. The van der Waals surface area contributed by atoms with Crippen molar-refractivity contribution in [2.75, 3.05) is 39.5 Å². The first kappa shape index (κ1) is 22.2. The van der Waals surface area contributed by atoms with Crippen LogP contribution in [0, 0.1) is 0 Å². The van der Waals surface area contributed by atoms with Gasteiger partial charge in [-0.25, -0.2) is 8.42 Å². The van der Waals surface area contributed by atoms with Crippen LogP contribution in [0.15, 0.2) is 65.6 Å². The fourth-order valence-corrected chi connectivity index (χ4v) is 5.52. The lowest BCUT2D eigenvalue weighted by Gasteiger charge is -2.34. The fourth-order valence-electron chi connectivity index (χ4n) is 4.06. The summed E-state index contributed by atoms with van der Waals surface area (Å²) < 4.78 is 38.1. The number of ether oxygens (including phenoxy) is 2. The number of hydrogen-bond acceptors (Lipinski definition) is 6. The van der Waals surface area contributed by atoms with Gasteiger partial charge in [0.05, 0.1) is 11.4 Å². The summed E-state index contributed by atoms with van der Waals surface area (Å²) in [6, 6.07) is 17.5. The highest BCUT2D eigenvalue weighted by molar-refractivity contribution is 7.89. The summed E-state index contributed by atoms with van der Waals surface area (Å²) in [6.07, 6.45) is 0. The molecule has 34 heavy (non-hydrogen) atoms. The summed E-state index contributed by atoms with van der Waals surface area (Å²) in [5.41, 5.74) is 0.364. The summed E-state index contributed by atoms with van der Waals surface area (Å²) in [4.78, 5) is 26.8. The lowest BCUT2D eigenvalue weighted by molar-refractivity contribution is -0.131. The molecule has 2 aliphatic heterocycles. The predicted octanol–water partition coefficient (Wildman–Crippen LogP) is 1.83. The summed E-state index contributed by atoms with van der Waals surface area (Å²) in [7, 11) is -3.67. The van der Waals surface area contributed by atoms with Gasteiger partial charge in [-0.1, -0.05) is 30.3 Å². The fraction of sp³-hybridized carbons (Fsp3) is 0.250. The van der Waals surface area contributed by atoms with Crippen molar-refractivity contribution in [2.24, 2.45) is 0 Å². The van der Waals surface area contributed by atoms with E-state index in [0.717, 1.165) is 10.8 Å². The summed E-state index contributed by atoms with van der Waals surface area (Å²) in [5, 5.41) is 4.44. The first-order valence-electron chi connectivity index (χ1n) is 10.9. The second kappa shape index (κ2) is 8.96. The number of amides is 2. The van der Waals surface area contributed by atoms with Gasteiger partial charge in [0.2, 0.25) is 22.7 Å². The van der Waals surface area contributed by atoms with Crippen LogP contribution in [0.3, 0.4) is 0 Å². The van der Waals surface area contributed by atoms with Gasteiger partial charge in [0.25, 0.3) is 5.91 Å². The number of sulfonamides is 1. The Labute approximate surface area is 196 Å². The molecule has 176 valence electrons. The summed E-state index contributed by atoms with van der Waals surface area (Å²) >= 11 is 0. The maximum atomic E-state index is 13.1. The van der Waals surface area contributed by atoms with Crippen molar-refractivity contribution in [2.45, 2.75) is 4.90 Å². The van der Waals surface area contributed by atoms with Gasteiger partial charge in [-0.15, -0.1) is 0 Å². The van der Waals surface area contributed by atoms with Crippen LogP contribution in [0.25, 0.3) is 10.8 Å². The minimum absolute atomic E-state index is 0.113. The van der Waals surface area contributed by atoms with E-state index in [2.05, 4.69) is 5.32 Å². The molecule has 1 fully saturated rings. The van der Waals surface area contributed by atoms with Crippen LogP contribution in [0.4, 0.5) is 0 Å². The van der Waals surface area contributed by atoms with Crippen molar-refractivity contribution in [3.05, 3.63) is 66.2 Å². The molecule has 5 rings (SSSR count). The molecule has 2 amide bonds. The van der Waals surface area contributed by atoms with E-state index >= 15 is 0 Å². The number of piperazine rings is 1. The Kier molecular flexibility index (Phi) is 5.84. The van der Waals surface area contributed by atoms with Crippen LogP contribution in [0.2, 0.25) is 0 Å². The second-order valence-corrected chi connectivity index (χ2v) is 9.98. The molecule has 1 N–H and O–H groups in total. The molecule has 3 aromatic rings. The molecular formula is C24H23N3O6S. The monoisotopic (exact) mass is 481 g/mol. The zero-order valence-corrected chi connectivity index (χ0v) is 19.1. The first-order chi connectivity index (χ1) is 16.4. The quantitative estimate of drug-likeness (QED) is 0.596. The number of hydrogen-bond donors (Lipinski definition) is 1. The van der Waals surface area contributed by atoms with E-state index in [0.29, 0.717) is 17.1 Å². The number of rotatable bonds is 5. The highest BCUT2D eigenvalue weighted by Gasteiger charge is 2.30. The number of fused-ring (bicyclic) bond motifs is 2. The molecule has 10 heteroatoms. The van der Waals surface area contributed by atoms with Gasteiger partial charge in [-0.05, 0) is 41.1 Å². The Morgan fingerprint density at radius 2 is 1.59 bits per heavy atom. The molecule has 3 aromatic carbocycles. The number of carbonyl (C=O) groups is 2. The number of nitrogens with one attached hydrogen (secondary N) is 1. The third kappa shape index (κ3) is 4.29. The van der Waals surface area contributed by atoms with E-state index in [1.54, 1.807) is 41.3 Å². The van der Waals surface area contributed by atoms with Gasteiger partial charge in [-0.3, -0.25) is 9.59 Å². The molecule has 0 unspecified atom stereocenters. The third-order valence-electron chi connectivity index (χ3n) is 5.98. The van der Waals surface area contributed by atoms with Gasteiger partial charge in [0, 0.05) is 31.7 Å². The average molecular weight is 482 g/mol. The minimum Gasteiger partial charge on any atom is -0.454 e. The van der Waals surface area contributed by atoms with Gasteiger partial charge in [-0.2, -0.15) is 4.31 Å². The van der Waals surface area contributed by atoms with E-state index in [-0.39, 0.29) is 50.3 Å². The van der Waals surface area contributed by atoms with Crippen LogP contribution >= 0.6 is 0 Å². The molecule has 0 bridgehead atoms. The highest BCUT2D eigenvalue weighted by atomic mass is 32.2. The van der Waals surface area contributed by atoms with Crippen molar-refractivity contribution < 1.29 is 27.5 Å². The van der Waals surface area contributed by atoms with Crippen LogP contribution in [-0.4, -0.2) is 69.0 Å². The summed E-state index contributed by atoms with van der Waals surface area (Å²) in [5.74, 6) is 0.396. The second-order valence-electron chi connectivity index (χ2n) is 8.04. The maximum absolute atomic E-state index is 13.1. The Morgan fingerprint density at radius 3 is 2.38 bits per heavy atom. The Bertz CT molecular complexity index is 1370. The van der Waals surface area contributed by atoms with Gasteiger partial charge < -0.3 is 19.7 Å². The third-order valence-corrected chi connectivity index (χ3v) is 7.88. The van der Waals surface area contributed by atoms with Gasteiger partial charge in [0.1, 0.15) is 0 Å². The van der Waals surface area contributed by atoms with Crippen LogP contribution in [-0.2, 0) is 14.8 Å². The first-order valence-corrected chi connectivity index (χ1v) is 12.3. The smallest absolute Gasteiger partial charge is 0.251 e. The topological polar surface area (TPSA) is 105 Å². The van der Waals surface area contributed by atoms with E-state index in [1.165, 1.54) is 4.31 Å². The van der Waals surface area contributed by atoms with E-state index in [4.69, 9.17) is 9.47 Å². The Balaban J connectivity index is 1.16. The van der Waals surface area contributed by atoms with E-state index < -0.39 is 15.9 Å². The molecule has 2 aliphatic rings. The average Bonchev–Trinajstić information content (AvgIpc) is 3.35. The molecule has 2 heterocycles. The van der Waals surface area contributed by atoms with Gasteiger partial charge in [0.15, 0.2) is 11.5 Å². The number of benzene rings is 3. The molecular weight excluding hydrogens is 458 g/mol. The maximum Gasteiger partial charge on any atom is 0.251 e. The van der Waals surface area contributed by atoms with Crippen molar-refractivity contribution >= 4 is 32.6 Å². The standard InChI is InChI=1S/C24H23N3O6S/c28-23(15-25-24(29)19-6-8-21-22(14-19)33-16-32-21)26-9-11-27(12-10-26)34(30,31)20-7-5-17-3-1-2-4-18(17)13-20/h1-8,13-14H,9-12,15-16H2,(H,25,29). The lowest BCUT2D eigenvalue weighted by Crippen LogP contribution is -2.52. The lowest BCUT2D eigenvalue weighted by atomic mass is 10.1. The molecule has 0 radical (unpaired) electrons.